The average molecular weight is 194 g/mol. The Balaban J connectivity index is 1.73. The molecule has 1 aromatic heterocycles. The lowest BCUT2D eigenvalue weighted by Gasteiger charge is -2.14. The number of aromatic amines is 1. The fourth-order valence-corrected chi connectivity index (χ4v) is 1.86. The molecule has 1 saturated heterocycles. The molecule has 3 N–H and O–H groups in total. The highest BCUT2D eigenvalue weighted by atomic mass is 15.1. The fraction of sp³-hybridized carbons (Fsp3) is 0.700. The number of hydrogen-bond donors (Lipinski definition) is 3. The van der Waals surface area contributed by atoms with Gasteiger partial charge < -0.3 is 10.6 Å². The minimum atomic E-state index is 0.667. The molecule has 0 radical (unpaired) electrons. The van der Waals surface area contributed by atoms with Crippen molar-refractivity contribution >= 4 is 0 Å². The van der Waals surface area contributed by atoms with E-state index in [1.54, 1.807) is 0 Å². The third-order valence-electron chi connectivity index (χ3n) is 2.73. The maximum absolute atomic E-state index is 3.93. The van der Waals surface area contributed by atoms with E-state index in [0.29, 0.717) is 6.04 Å². The minimum absolute atomic E-state index is 0.667. The van der Waals surface area contributed by atoms with Crippen molar-refractivity contribution in [2.45, 2.75) is 31.8 Å². The van der Waals surface area contributed by atoms with Gasteiger partial charge in [0.15, 0.2) is 0 Å². The summed E-state index contributed by atoms with van der Waals surface area (Å²) in [4.78, 5) is 0. The Kier molecular flexibility index (Phi) is 3.54. The van der Waals surface area contributed by atoms with Gasteiger partial charge in [0.05, 0.1) is 6.20 Å². The molecule has 1 aromatic rings. The SMILES string of the molecule is c1n[nH]cc1CNC1CCCNCC1. The molecular weight excluding hydrogens is 176 g/mol. The van der Waals surface area contributed by atoms with Gasteiger partial charge in [-0.2, -0.15) is 5.10 Å². The molecule has 0 bridgehead atoms. The largest absolute Gasteiger partial charge is 0.317 e. The molecule has 0 amide bonds. The van der Waals surface area contributed by atoms with Gasteiger partial charge in [-0.05, 0) is 32.4 Å². The zero-order valence-electron chi connectivity index (χ0n) is 8.42. The summed E-state index contributed by atoms with van der Waals surface area (Å²) in [7, 11) is 0. The standard InChI is InChI=1S/C10H18N4/c1-2-10(3-5-11-4-1)12-6-9-7-13-14-8-9/h7-8,10-12H,1-6H2,(H,13,14). The van der Waals surface area contributed by atoms with Gasteiger partial charge in [0, 0.05) is 24.3 Å². The highest BCUT2D eigenvalue weighted by Crippen LogP contribution is 2.06. The van der Waals surface area contributed by atoms with Crippen LogP contribution in [0.1, 0.15) is 24.8 Å². The lowest BCUT2D eigenvalue weighted by Crippen LogP contribution is -2.29. The highest BCUT2D eigenvalue weighted by Gasteiger charge is 2.10. The van der Waals surface area contributed by atoms with Crippen LogP contribution >= 0.6 is 0 Å². The summed E-state index contributed by atoms with van der Waals surface area (Å²) >= 11 is 0. The molecule has 2 rings (SSSR count). The Morgan fingerprint density at radius 1 is 1.43 bits per heavy atom. The van der Waals surface area contributed by atoms with Crippen LogP contribution in [0.15, 0.2) is 12.4 Å². The quantitative estimate of drug-likeness (QED) is 0.662. The van der Waals surface area contributed by atoms with Crippen molar-refractivity contribution in [2.24, 2.45) is 0 Å². The lowest BCUT2D eigenvalue weighted by molar-refractivity contribution is 0.468. The van der Waals surface area contributed by atoms with E-state index in [0.717, 1.165) is 13.1 Å². The van der Waals surface area contributed by atoms with E-state index in [4.69, 9.17) is 0 Å². The van der Waals surface area contributed by atoms with Crippen molar-refractivity contribution in [2.75, 3.05) is 13.1 Å². The van der Waals surface area contributed by atoms with Crippen LogP contribution in [0.4, 0.5) is 0 Å². The summed E-state index contributed by atoms with van der Waals surface area (Å²) in [6, 6.07) is 0.667. The molecule has 2 heterocycles. The first-order valence-electron chi connectivity index (χ1n) is 5.37. The van der Waals surface area contributed by atoms with Crippen molar-refractivity contribution in [1.29, 1.82) is 0 Å². The van der Waals surface area contributed by atoms with Gasteiger partial charge >= 0.3 is 0 Å². The van der Waals surface area contributed by atoms with Crippen LogP contribution in [-0.2, 0) is 6.54 Å². The fourth-order valence-electron chi connectivity index (χ4n) is 1.86. The number of nitrogens with one attached hydrogen (secondary N) is 3. The summed E-state index contributed by atoms with van der Waals surface area (Å²) < 4.78 is 0. The van der Waals surface area contributed by atoms with Crippen LogP contribution in [0.5, 0.6) is 0 Å². The smallest absolute Gasteiger partial charge is 0.0532 e. The molecule has 1 aliphatic rings. The molecule has 0 saturated carbocycles. The Morgan fingerprint density at radius 3 is 3.29 bits per heavy atom. The van der Waals surface area contributed by atoms with Gasteiger partial charge in [0.25, 0.3) is 0 Å². The zero-order chi connectivity index (χ0) is 9.64. The molecule has 1 fully saturated rings. The predicted octanol–water partition coefficient (Wildman–Crippen LogP) is 0.641. The monoisotopic (exact) mass is 194 g/mol. The Bertz CT molecular complexity index is 237. The molecule has 1 aliphatic heterocycles. The van der Waals surface area contributed by atoms with E-state index in [9.17, 15) is 0 Å². The summed E-state index contributed by atoms with van der Waals surface area (Å²) in [5.74, 6) is 0. The maximum Gasteiger partial charge on any atom is 0.0532 e. The summed E-state index contributed by atoms with van der Waals surface area (Å²) in [6.07, 6.45) is 7.62. The van der Waals surface area contributed by atoms with Gasteiger partial charge in [0.1, 0.15) is 0 Å². The van der Waals surface area contributed by atoms with E-state index in [1.807, 2.05) is 12.4 Å². The average Bonchev–Trinajstić information content (AvgIpc) is 2.58. The topological polar surface area (TPSA) is 52.7 Å². The molecular formula is C10H18N4. The number of nitrogens with zero attached hydrogens (tertiary/aromatic N) is 1. The van der Waals surface area contributed by atoms with Crippen LogP contribution < -0.4 is 10.6 Å². The van der Waals surface area contributed by atoms with Crippen LogP contribution in [0.25, 0.3) is 0 Å². The van der Waals surface area contributed by atoms with E-state index in [-0.39, 0.29) is 0 Å². The van der Waals surface area contributed by atoms with Crippen LogP contribution in [0, 0.1) is 0 Å². The first kappa shape index (κ1) is 9.68. The number of H-pyrrole nitrogens is 1. The lowest BCUT2D eigenvalue weighted by atomic mass is 10.1. The summed E-state index contributed by atoms with van der Waals surface area (Å²) in [5.41, 5.74) is 1.24. The highest BCUT2D eigenvalue weighted by molar-refractivity contribution is 5.01. The van der Waals surface area contributed by atoms with E-state index < -0.39 is 0 Å². The van der Waals surface area contributed by atoms with Crippen molar-refractivity contribution in [3.8, 4) is 0 Å². The minimum Gasteiger partial charge on any atom is -0.317 e. The summed E-state index contributed by atoms with van der Waals surface area (Å²) in [5, 5.41) is 13.7. The van der Waals surface area contributed by atoms with Crippen molar-refractivity contribution in [1.82, 2.24) is 20.8 Å². The van der Waals surface area contributed by atoms with Crippen molar-refractivity contribution in [3.05, 3.63) is 18.0 Å². The van der Waals surface area contributed by atoms with Gasteiger partial charge in [0.2, 0.25) is 0 Å². The first-order valence-corrected chi connectivity index (χ1v) is 5.37. The maximum atomic E-state index is 3.93. The Morgan fingerprint density at radius 2 is 2.43 bits per heavy atom. The predicted molar refractivity (Wildman–Crippen MR) is 55.9 cm³/mol. The molecule has 1 atom stereocenters. The third kappa shape index (κ3) is 2.82. The summed E-state index contributed by atoms with van der Waals surface area (Å²) in [6.45, 7) is 3.24. The van der Waals surface area contributed by atoms with Gasteiger partial charge in [-0.1, -0.05) is 0 Å². The second kappa shape index (κ2) is 5.12. The molecule has 4 heteroatoms. The first-order chi connectivity index (χ1) is 6.95. The third-order valence-corrected chi connectivity index (χ3v) is 2.73. The van der Waals surface area contributed by atoms with E-state index >= 15 is 0 Å². The Labute approximate surface area is 84.5 Å². The zero-order valence-corrected chi connectivity index (χ0v) is 8.42. The molecule has 0 aromatic carbocycles. The second-order valence-electron chi connectivity index (χ2n) is 3.87. The molecule has 78 valence electrons. The Hall–Kier alpha value is -0.870. The molecule has 0 spiro atoms. The molecule has 14 heavy (non-hydrogen) atoms. The normalized spacial score (nSPS) is 23.3. The molecule has 0 aliphatic carbocycles. The van der Waals surface area contributed by atoms with Gasteiger partial charge in [-0.25, -0.2) is 0 Å². The van der Waals surface area contributed by atoms with Crippen LogP contribution in [-0.4, -0.2) is 29.3 Å². The van der Waals surface area contributed by atoms with Gasteiger partial charge in [-0.3, -0.25) is 5.10 Å². The van der Waals surface area contributed by atoms with Crippen molar-refractivity contribution < 1.29 is 0 Å². The number of rotatable bonds is 3. The number of hydrogen-bond acceptors (Lipinski definition) is 3. The van der Waals surface area contributed by atoms with Crippen molar-refractivity contribution in [3.63, 3.8) is 0 Å². The molecule has 4 nitrogen and oxygen atoms in total. The second-order valence-corrected chi connectivity index (χ2v) is 3.87. The van der Waals surface area contributed by atoms with Gasteiger partial charge in [-0.15, -0.1) is 0 Å². The molecule has 1 unspecified atom stereocenters. The van der Waals surface area contributed by atoms with E-state index in [2.05, 4.69) is 20.8 Å². The van der Waals surface area contributed by atoms with Crippen LogP contribution in [0.3, 0.4) is 0 Å². The van der Waals surface area contributed by atoms with Crippen LogP contribution in [0.2, 0.25) is 0 Å². The van der Waals surface area contributed by atoms with E-state index in [1.165, 1.54) is 31.4 Å². The number of aromatic nitrogens is 2.